The summed E-state index contributed by atoms with van der Waals surface area (Å²) in [5, 5.41) is 10.9. The van der Waals surface area contributed by atoms with Crippen molar-refractivity contribution in [1.29, 1.82) is 0 Å². The Labute approximate surface area is 193 Å². The normalized spacial score (nSPS) is 15.8. The molecule has 1 amide bonds. The Hall–Kier alpha value is -3.86. The number of benzene rings is 3. The van der Waals surface area contributed by atoms with E-state index in [-0.39, 0.29) is 17.8 Å². The molecule has 0 aromatic heterocycles. The van der Waals surface area contributed by atoms with Gasteiger partial charge in [-0.25, -0.2) is 0 Å². The van der Waals surface area contributed by atoms with Crippen LogP contribution in [0.5, 0.6) is 5.75 Å². The van der Waals surface area contributed by atoms with Crippen LogP contribution in [0.4, 0.5) is 5.69 Å². The largest absolute Gasteiger partial charge is 0.503 e. The fourth-order valence-corrected chi connectivity index (χ4v) is 4.38. The standard InChI is InChI=1S/C28H27NO4/c1-18-15-19(2)17-22(16-18)29-26(21-10-12-23(33-3)13-11-21)25(27(31)28(29)32)24(30)14-9-20-7-5-4-6-8-20/h4-8,10-13,15-17,26,31H,9,14H2,1-3H3. The highest BCUT2D eigenvalue weighted by Crippen LogP contribution is 2.42. The zero-order chi connectivity index (χ0) is 23.5. The number of aliphatic hydroxyl groups excluding tert-OH is 1. The van der Waals surface area contributed by atoms with Crippen LogP contribution < -0.4 is 9.64 Å². The van der Waals surface area contributed by atoms with Crippen LogP contribution in [0.2, 0.25) is 0 Å². The quantitative estimate of drug-likeness (QED) is 0.532. The minimum atomic E-state index is -0.715. The van der Waals surface area contributed by atoms with E-state index in [1.807, 2.05) is 74.5 Å². The molecule has 0 aliphatic carbocycles. The first kappa shape index (κ1) is 22.3. The van der Waals surface area contributed by atoms with Gasteiger partial charge in [-0.05, 0) is 66.8 Å². The molecule has 3 aromatic rings. The first-order valence-corrected chi connectivity index (χ1v) is 10.9. The Morgan fingerprint density at radius 2 is 1.61 bits per heavy atom. The molecule has 0 radical (unpaired) electrons. The summed E-state index contributed by atoms with van der Waals surface area (Å²) in [5.41, 5.74) is 4.54. The van der Waals surface area contributed by atoms with Crippen LogP contribution >= 0.6 is 0 Å². The summed E-state index contributed by atoms with van der Waals surface area (Å²) in [4.78, 5) is 28.2. The molecule has 5 nitrogen and oxygen atoms in total. The SMILES string of the molecule is COc1ccc(C2C(C(=O)CCc3ccccc3)=C(O)C(=O)N2c2cc(C)cc(C)c2)cc1. The molecule has 0 saturated carbocycles. The highest BCUT2D eigenvalue weighted by atomic mass is 16.5. The van der Waals surface area contributed by atoms with Crippen LogP contribution in [0.15, 0.2) is 84.1 Å². The van der Waals surface area contributed by atoms with Gasteiger partial charge < -0.3 is 9.84 Å². The van der Waals surface area contributed by atoms with Crippen molar-refractivity contribution in [2.45, 2.75) is 32.7 Å². The zero-order valence-corrected chi connectivity index (χ0v) is 19.0. The van der Waals surface area contributed by atoms with Gasteiger partial charge in [0.1, 0.15) is 5.75 Å². The molecule has 0 fully saturated rings. The third-order valence-corrected chi connectivity index (χ3v) is 5.91. The van der Waals surface area contributed by atoms with Crippen molar-refractivity contribution in [3.63, 3.8) is 0 Å². The van der Waals surface area contributed by atoms with E-state index < -0.39 is 17.7 Å². The number of carbonyl (C=O) groups excluding carboxylic acids is 2. The molecule has 1 N–H and O–H groups in total. The minimum Gasteiger partial charge on any atom is -0.503 e. The van der Waals surface area contributed by atoms with E-state index in [4.69, 9.17) is 4.74 Å². The lowest BCUT2D eigenvalue weighted by atomic mass is 9.93. The van der Waals surface area contributed by atoms with Gasteiger partial charge in [-0.2, -0.15) is 0 Å². The summed E-state index contributed by atoms with van der Waals surface area (Å²) in [6, 6.07) is 22.0. The fraction of sp³-hybridized carbons (Fsp3) is 0.214. The number of hydrogen-bond acceptors (Lipinski definition) is 4. The second-order valence-corrected chi connectivity index (χ2v) is 8.37. The number of Topliss-reactive ketones (excluding diaryl/α,β-unsaturated/α-hetero) is 1. The fourth-order valence-electron chi connectivity index (χ4n) is 4.38. The number of methoxy groups -OCH3 is 1. The number of rotatable bonds is 7. The second-order valence-electron chi connectivity index (χ2n) is 8.37. The van der Waals surface area contributed by atoms with Gasteiger partial charge in [0, 0.05) is 12.1 Å². The van der Waals surface area contributed by atoms with E-state index in [2.05, 4.69) is 0 Å². The highest BCUT2D eigenvalue weighted by molar-refractivity contribution is 6.16. The molecular weight excluding hydrogens is 414 g/mol. The van der Waals surface area contributed by atoms with Crippen LogP contribution in [0.25, 0.3) is 0 Å². The number of carbonyl (C=O) groups is 2. The number of amides is 1. The summed E-state index contributed by atoms with van der Waals surface area (Å²) in [6.07, 6.45) is 0.730. The summed E-state index contributed by atoms with van der Waals surface area (Å²) in [5.74, 6) is -0.611. The van der Waals surface area contributed by atoms with Crippen molar-refractivity contribution >= 4 is 17.4 Å². The average Bonchev–Trinajstić information content (AvgIpc) is 3.08. The van der Waals surface area contributed by atoms with Crippen LogP contribution in [0.3, 0.4) is 0 Å². The summed E-state index contributed by atoms with van der Waals surface area (Å²) >= 11 is 0. The number of ketones is 1. The Kier molecular flexibility index (Phi) is 6.31. The topological polar surface area (TPSA) is 66.8 Å². The van der Waals surface area contributed by atoms with Crippen molar-refractivity contribution in [3.05, 3.63) is 106 Å². The summed E-state index contributed by atoms with van der Waals surface area (Å²) in [6.45, 7) is 3.91. The first-order chi connectivity index (χ1) is 15.9. The van der Waals surface area contributed by atoms with Crippen molar-refractivity contribution in [3.8, 4) is 5.75 Å². The number of ether oxygens (including phenoxy) is 1. The zero-order valence-electron chi connectivity index (χ0n) is 19.0. The van der Waals surface area contributed by atoms with E-state index in [9.17, 15) is 14.7 Å². The maximum atomic E-state index is 13.4. The van der Waals surface area contributed by atoms with Crippen molar-refractivity contribution in [2.24, 2.45) is 0 Å². The molecule has 3 aromatic carbocycles. The van der Waals surface area contributed by atoms with Crippen LogP contribution in [-0.4, -0.2) is 23.9 Å². The Morgan fingerprint density at radius 3 is 2.21 bits per heavy atom. The van der Waals surface area contributed by atoms with Gasteiger partial charge in [-0.15, -0.1) is 0 Å². The molecule has 4 rings (SSSR count). The number of aryl methyl sites for hydroxylation is 3. The molecule has 1 aliphatic rings. The molecule has 33 heavy (non-hydrogen) atoms. The van der Waals surface area contributed by atoms with E-state index in [0.29, 0.717) is 17.9 Å². The van der Waals surface area contributed by atoms with Crippen LogP contribution in [-0.2, 0) is 16.0 Å². The Bertz CT molecular complexity index is 1190. The number of anilines is 1. The van der Waals surface area contributed by atoms with E-state index in [1.54, 1.807) is 19.2 Å². The van der Waals surface area contributed by atoms with E-state index in [0.717, 1.165) is 22.3 Å². The number of aliphatic hydroxyl groups is 1. The molecule has 1 atom stereocenters. The lowest BCUT2D eigenvalue weighted by Crippen LogP contribution is -2.31. The number of hydrogen-bond donors (Lipinski definition) is 1. The predicted octanol–water partition coefficient (Wildman–Crippen LogP) is 5.41. The van der Waals surface area contributed by atoms with Gasteiger partial charge in [0.05, 0.1) is 18.7 Å². The molecule has 1 unspecified atom stereocenters. The summed E-state index contributed by atoms with van der Waals surface area (Å²) in [7, 11) is 1.58. The second kappa shape index (κ2) is 9.33. The van der Waals surface area contributed by atoms with Gasteiger partial charge in [-0.1, -0.05) is 48.5 Å². The maximum absolute atomic E-state index is 13.4. The molecule has 0 bridgehead atoms. The van der Waals surface area contributed by atoms with Crippen molar-refractivity contribution < 1.29 is 19.4 Å². The maximum Gasteiger partial charge on any atom is 0.294 e. The molecule has 5 heteroatoms. The summed E-state index contributed by atoms with van der Waals surface area (Å²) < 4.78 is 5.27. The smallest absolute Gasteiger partial charge is 0.294 e. The van der Waals surface area contributed by atoms with Gasteiger partial charge in [0.2, 0.25) is 0 Å². The molecule has 1 aliphatic heterocycles. The van der Waals surface area contributed by atoms with E-state index in [1.165, 1.54) is 4.90 Å². The monoisotopic (exact) mass is 441 g/mol. The highest BCUT2D eigenvalue weighted by Gasteiger charge is 2.44. The van der Waals surface area contributed by atoms with Gasteiger partial charge in [-0.3, -0.25) is 14.5 Å². The predicted molar refractivity (Wildman–Crippen MR) is 129 cm³/mol. The Balaban J connectivity index is 1.75. The van der Waals surface area contributed by atoms with Crippen molar-refractivity contribution in [2.75, 3.05) is 12.0 Å². The molecule has 1 heterocycles. The van der Waals surface area contributed by atoms with E-state index >= 15 is 0 Å². The lowest BCUT2D eigenvalue weighted by Gasteiger charge is -2.27. The third kappa shape index (κ3) is 4.53. The number of nitrogens with zero attached hydrogens (tertiary/aromatic N) is 1. The molecule has 168 valence electrons. The average molecular weight is 442 g/mol. The molecule has 0 saturated heterocycles. The van der Waals surface area contributed by atoms with Crippen LogP contribution in [0, 0.1) is 13.8 Å². The third-order valence-electron chi connectivity index (χ3n) is 5.91. The molecular formula is C28H27NO4. The van der Waals surface area contributed by atoms with Gasteiger partial charge >= 0.3 is 0 Å². The first-order valence-electron chi connectivity index (χ1n) is 10.9. The molecule has 0 spiro atoms. The lowest BCUT2D eigenvalue weighted by molar-refractivity contribution is -0.118. The van der Waals surface area contributed by atoms with Crippen LogP contribution in [0.1, 0.15) is 34.7 Å². The minimum absolute atomic E-state index is 0.139. The van der Waals surface area contributed by atoms with Gasteiger partial charge in [0.25, 0.3) is 5.91 Å². The van der Waals surface area contributed by atoms with Crippen molar-refractivity contribution in [1.82, 2.24) is 0 Å². The van der Waals surface area contributed by atoms with Gasteiger partial charge in [0.15, 0.2) is 11.5 Å². The Morgan fingerprint density at radius 1 is 0.970 bits per heavy atom.